The Kier molecular flexibility index (Phi) is 5.53. The fraction of sp³-hybridized carbons (Fsp3) is 0.533. The summed E-state index contributed by atoms with van der Waals surface area (Å²) in [5, 5.41) is 5.65. The summed E-state index contributed by atoms with van der Waals surface area (Å²) in [6.07, 6.45) is 4.58. The highest BCUT2D eigenvalue weighted by molar-refractivity contribution is 5.89. The molecule has 0 bridgehead atoms. The van der Waals surface area contributed by atoms with Crippen LogP contribution < -0.4 is 20.1 Å². The van der Waals surface area contributed by atoms with Crippen molar-refractivity contribution in [2.24, 2.45) is 0 Å². The maximum absolute atomic E-state index is 11.7. The predicted octanol–water partition coefficient (Wildman–Crippen LogP) is 3.16. The Labute approximate surface area is 119 Å². The molecule has 0 unspecified atom stereocenters. The maximum Gasteiger partial charge on any atom is 0.319 e. The van der Waals surface area contributed by atoms with Crippen LogP contribution in [0.5, 0.6) is 11.5 Å². The lowest BCUT2D eigenvalue weighted by atomic mass is 10.2. The number of rotatable bonds is 6. The van der Waals surface area contributed by atoms with Crippen LogP contribution in [-0.4, -0.2) is 25.8 Å². The van der Waals surface area contributed by atoms with Gasteiger partial charge in [-0.15, -0.1) is 0 Å². The normalized spacial score (nSPS) is 12.8. The van der Waals surface area contributed by atoms with E-state index in [-0.39, 0.29) is 6.03 Å². The van der Waals surface area contributed by atoms with E-state index in [0.717, 1.165) is 18.6 Å². The molecule has 110 valence electrons. The zero-order valence-electron chi connectivity index (χ0n) is 11.9. The van der Waals surface area contributed by atoms with Crippen LogP contribution in [0.4, 0.5) is 10.5 Å². The first-order valence-corrected chi connectivity index (χ1v) is 7.24. The minimum atomic E-state index is -0.182. The van der Waals surface area contributed by atoms with E-state index in [2.05, 4.69) is 17.6 Å². The molecule has 1 aromatic carbocycles. The Bertz CT molecular complexity index is 449. The van der Waals surface area contributed by atoms with Gasteiger partial charge in [0.1, 0.15) is 13.2 Å². The van der Waals surface area contributed by atoms with Crippen molar-refractivity contribution in [2.45, 2.75) is 32.6 Å². The van der Waals surface area contributed by atoms with Gasteiger partial charge in [0, 0.05) is 18.3 Å². The first-order chi connectivity index (χ1) is 9.79. The van der Waals surface area contributed by atoms with E-state index < -0.39 is 0 Å². The smallest absolute Gasteiger partial charge is 0.319 e. The van der Waals surface area contributed by atoms with Gasteiger partial charge in [-0.25, -0.2) is 4.79 Å². The van der Waals surface area contributed by atoms with Gasteiger partial charge in [0.25, 0.3) is 0 Å². The fourth-order valence-electron chi connectivity index (χ4n) is 2.05. The standard InChI is InChI=1S/C15H22N2O3/c1-2-3-4-5-8-16-15(18)17-12-6-7-13-14(11-12)20-10-9-19-13/h6-7,11H,2-5,8-10H2,1H3,(H2,16,17,18). The molecule has 5 heteroatoms. The van der Waals surface area contributed by atoms with E-state index in [1.165, 1.54) is 12.8 Å². The van der Waals surface area contributed by atoms with Crippen molar-refractivity contribution in [2.75, 3.05) is 25.1 Å². The Hall–Kier alpha value is -1.91. The molecule has 1 heterocycles. The number of carbonyl (C=O) groups is 1. The number of nitrogens with one attached hydrogen (secondary N) is 2. The van der Waals surface area contributed by atoms with Crippen molar-refractivity contribution in [3.05, 3.63) is 18.2 Å². The van der Waals surface area contributed by atoms with E-state index in [1.807, 2.05) is 12.1 Å². The van der Waals surface area contributed by atoms with Crippen LogP contribution >= 0.6 is 0 Å². The maximum atomic E-state index is 11.7. The molecule has 0 radical (unpaired) electrons. The van der Waals surface area contributed by atoms with Gasteiger partial charge in [-0.2, -0.15) is 0 Å². The number of hydrogen-bond acceptors (Lipinski definition) is 3. The second-order valence-corrected chi connectivity index (χ2v) is 4.80. The lowest BCUT2D eigenvalue weighted by molar-refractivity contribution is 0.171. The van der Waals surface area contributed by atoms with Gasteiger partial charge in [-0.1, -0.05) is 26.2 Å². The lowest BCUT2D eigenvalue weighted by Crippen LogP contribution is -2.29. The number of unbranched alkanes of at least 4 members (excludes halogenated alkanes) is 3. The van der Waals surface area contributed by atoms with E-state index in [0.29, 0.717) is 31.2 Å². The van der Waals surface area contributed by atoms with Gasteiger partial charge in [-0.3, -0.25) is 0 Å². The highest BCUT2D eigenvalue weighted by atomic mass is 16.6. The van der Waals surface area contributed by atoms with Crippen molar-refractivity contribution in [3.8, 4) is 11.5 Å². The van der Waals surface area contributed by atoms with Gasteiger partial charge in [0.05, 0.1) is 0 Å². The highest BCUT2D eigenvalue weighted by Gasteiger charge is 2.12. The van der Waals surface area contributed by atoms with Gasteiger partial charge < -0.3 is 20.1 Å². The molecule has 0 saturated carbocycles. The Morgan fingerprint density at radius 2 is 1.95 bits per heavy atom. The minimum absolute atomic E-state index is 0.182. The Morgan fingerprint density at radius 3 is 2.75 bits per heavy atom. The number of fused-ring (bicyclic) bond motifs is 1. The number of urea groups is 1. The molecule has 1 aliphatic heterocycles. The van der Waals surface area contributed by atoms with Gasteiger partial charge in [-0.05, 0) is 18.6 Å². The molecule has 0 fully saturated rings. The summed E-state index contributed by atoms with van der Waals surface area (Å²) >= 11 is 0. The minimum Gasteiger partial charge on any atom is -0.486 e. The quantitative estimate of drug-likeness (QED) is 0.786. The summed E-state index contributed by atoms with van der Waals surface area (Å²) in [4.78, 5) is 11.7. The monoisotopic (exact) mass is 278 g/mol. The number of hydrogen-bond donors (Lipinski definition) is 2. The molecule has 2 rings (SSSR count). The molecule has 1 aromatic rings. The third kappa shape index (κ3) is 4.33. The molecule has 0 aromatic heterocycles. The summed E-state index contributed by atoms with van der Waals surface area (Å²) < 4.78 is 10.9. The third-order valence-electron chi connectivity index (χ3n) is 3.12. The van der Waals surface area contributed by atoms with Crippen LogP contribution in [0.25, 0.3) is 0 Å². The molecule has 0 atom stereocenters. The van der Waals surface area contributed by atoms with Crippen LogP contribution in [0.3, 0.4) is 0 Å². The number of benzene rings is 1. The summed E-state index contributed by atoms with van der Waals surface area (Å²) in [5.74, 6) is 1.40. The number of ether oxygens (including phenoxy) is 2. The molecule has 2 N–H and O–H groups in total. The zero-order valence-corrected chi connectivity index (χ0v) is 11.9. The van der Waals surface area contributed by atoms with Crippen LogP contribution in [0.15, 0.2) is 18.2 Å². The topological polar surface area (TPSA) is 59.6 Å². The van der Waals surface area contributed by atoms with Crippen molar-refractivity contribution in [1.29, 1.82) is 0 Å². The largest absolute Gasteiger partial charge is 0.486 e. The molecular weight excluding hydrogens is 256 g/mol. The van der Waals surface area contributed by atoms with E-state index >= 15 is 0 Å². The van der Waals surface area contributed by atoms with E-state index in [4.69, 9.17) is 9.47 Å². The van der Waals surface area contributed by atoms with Crippen LogP contribution in [0.2, 0.25) is 0 Å². The number of carbonyl (C=O) groups excluding carboxylic acids is 1. The average Bonchev–Trinajstić information content (AvgIpc) is 2.47. The van der Waals surface area contributed by atoms with Crippen molar-refractivity contribution >= 4 is 11.7 Å². The molecule has 0 saturated heterocycles. The SMILES string of the molecule is CCCCCCNC(=O)Nc1ccc2c(c1)OCCO2. The molecule has 20 heavy (non-hydrogen) atoms. The molecule has 0 spiro atoms. The Balaban J connectivity index is 1.76. The van der Waals surface area contributed by atoms with Crippen LogP contribution in [-0.2, 0) is 0 Å². The fourth-order valence-corrected chi connectivity index (χ4v) is 2.05. The molecule has 0 aliphatic carbocycles. The summed E-state index contributed by atoms with van der Waals surface area (Å²) in [5.41, 5.74) is 0.709. The first-order valence-electron chi connectivity index (χ1n) is 7.24. The summed E-state index contributed by atoms with van der Waals surface area (Å²) in [7, 11) is 0. The highest BCUT2D eigenvalue weighted by Crippen LogP contribution is 2.32. The van der Waals surface area contributed by atoms with Gasteiger partial charge >= 0.3 is 6.03 Å². The number of amides is 2. The predicted molar refractivity (Wildman–Crippen MR) is 78.6 cm³/mol. The van der Waals surface area contributed by atoms with E-state index in [9.17, 15) is 4.79 Å². The van der Waals surface area contributed by atoms with Crippen molar-refractivity contribution in [1.82, 2.24) is 5.32 Å². The van der Waals surface area contributed by atoms with Gasteiger partial charge in [0.15, 0.2) is 11.5 Å². The third-order valence-corrected chi connectivity index (χ3v) is 3.12. The lowest BCUT2D eigenvalue weighted by Gasteiger charge is -2.19. The molecular formula is C15H22N2O3. The second-order valence-electron chi connectivity index (χ2n) is 4.80. The second kappa shape index (κ2) is 7.62. The molecule has 5 nitrogen and oxygen atoms in total. The summed E-state index contributed by atoms with van der Waals surface area (Å²) in [6.45, 7) is 3.98. The molecule has 2 amide bonds. The first kappa shape index (κ1) is 14.5. The van der Waals surface area contributed by atoms with Gasteiger partial charge in [0.2, 0.25) is 0 Å². The van der Waals surface area contributed by atoms with Crippen molar-refractivity contribution in [3.63, 3.8) is 0 Å². The molecule has 1 aliphatic rings. The van der Waals surface area contributed by atoms with E-state index in [1.54, 1.807) is 6.07 Å². The van der Waals surface area contributed by atoms with Crippen molar-refractivity contribution < 1.29 is 14.3 Å². The van der Waals surface area contributed by atoms with Crippen LogP contribution in [0.1, 0.15) is 32.6 Å². The number of anilines is 1. The Morgan fingerprint density at radius 1 is 1.15 bits per heavy atom. The summed E-state index contributed by atoms with van der Waals surface area (Å²) in [6, 6.07) is 5.22. The average molecular weight is 278 g/mol. The zero-order chi connectivity index (χ0) is 14.2. The van der Waals surface area contributed by atoms with Crippen LogP contribution in [0, 0.1) is 0 Å².